The highest BCUT2D eigenvalue weighted by Crippen LogP contribution is 2.20. The number of carbonyl (C=O) groups is 1. The number of amides is 1. The van der Waals surface area contributed by atoms with Gasteiger partial charge in [0.05, 0.1) is 17.4 Å². The van der Waals surface area contributed by atoms with Crippen molar-refractivity contribution < 1.29 is 15.0 Å². The first-order chi connectivity index (χ1) is 9.93. The first kappa shape index (κ1) is 15.9. The second-order valence-corrected chi connectivity index (χ2v) is 5.93. The lowest BCUT2D eigenvalue weighted by atomic mass is 9.94. The Balaban J connectivity index is 2.14. The van der Waals surface area contributed by atoms with Crippen LogP contribution < -0.4 is 0 Å². The summed E-state index contributed by atoms with van der Waals surface area (Å²) in [5.74, 6) is 0.644. The number of nitrogens with zero attached hydrogens (tertiary/aromatic N) is 3. The summed E-state index contributed by atoms with van der Waals surface area (Å²) in [4.78, 5) is 22.7. The molecule has 1 aliphatic heterocycles. The molecule has 6 heteroatoms. The first-order valence-electron chi connectivity index (χ1n) is 7.35. The Morgan fingerprint density at radius 3 is 2.76 bits per heavy atom. The molecule has 0 spiro atoms. The minimum atomic E-state index is -0.677. The second-order valence-electron chi connectivity index (χ2n) is 5.93. The lowest BCUT2D eigenvalue weighted by Crippen LogP contribution is -2.47. The summed E-state index contributed by atoms with van der Waals surface area (Å²) in [6, 6.07) is 0. The SMILES string of the molecule is Cc1nc(C(C)C)ncc1C(=O)N1CC[C@@H](CO)[C@@H](O)C1. The molecule has 2 heterocycles. The van der Waals surface area contributed by atoms with Gasteiger partial charge in [0.25, 0.3) is 5.91 Å². The summed E-state index contributed by atoms with van der Waals surface area (Å²) < 4.78 is 0. The highest BCUT2D eigenvalue weighted by atomic mass is 16.3. The van der Waals surface area contributed by atoms with Gasteiger partial charge >= 0.3 is 0 Å². The molecule has 0 aliphatic carbocycles. The van der Waals surface area contributed by atoms with E-state index in [0.717, 1.165) is 5.82 Å². The fraction of sp³-hybridized carbons (Fsp3) is 0.667. The maximum atomic E-state index is 12.5. The molecule has 116 valence electrons. The number of hydrogen-bond acceptors (Lipinski definition) is 5. The molecule has 0 aromatic carbocycles. The molecule has 2 N–H and O–H groups in total. The minimum absolute atomic E-state index is 0.0472. The van der Waals surface area contributed by atoms with Crippen molar-refractivity contribution in [2.45, 2.75) is 39.2 Å². The van der Waals surface area contributed by atoms with Crippen molar-refractivity contribution in [3.05, 3.63) is 23.3 Å². The van der Waals surface area contributed by atoms with Crippen LogP contribution in [0.15, 0.2) is 6.20 Å². The highest BCUT2D eigenvalue weighted by Gasteiger charge is 2.30. The van der Waals surface area contributed by atoms with E-state index in [1.807, 2.05) is 13.8 Å². The van der Waals surface area contributed by atoms with Crippen LogP contribution in [0, 0.1) is 12.8 Å². The fourth-order valence-corrected chi connectivity index (χ4v) is 2.52. The molecule has 0 radical (unpaired) electrons. The number of likely N-dealkylation sites (tertiary alicyclic amines) is 1. The molecule has 1 aromatic heterocycles. The molecule has 1 saturated heterocycles. The van der Waals surface area contributed by atoms with Crippen LogP contribution in [-0.2, 0) is 0 Å². The summed E-state index contributed by atoms with van der Waals surface area (Å²) >= 11 is 0. The van der Waals surface area contributed by atoms with Gasteiger partial charge in [-0.3, -0.25) is 4.79 Å². The molecule has 0 bridgehead atoms. The number of β-amino-alcohol motifs (C(OH)–C–C–N with tert-alkyl or cyclic N) is 1. The van der Waals surface area contributed by atoms with Crippen molar-refractivity contribution in [1.29, 1.82) is 0 Å². The molecule has 2 rings (SSSR count). The monoisotopic (exact) mass is 293 g/mol. The zero-order valence-corrected chi connectivity index (χ0v) is 12.8. The van der Waals surface area contributed by atoms with Crippen molar-refractivity contribution in [3.63, 3.8) is 0 Å². The van der Waals surface area contributed by atoms with Gasteiger partial charge in [-0.2, -0.15) is 0 Å². The molecular weight excluding hydrogens is 270 g/mol. The second kappa shape index (κ2) is 6.49. The first-order valence-corrected chi connectivity index (χ1v) is 7.35. The number of aryl methyl sites for hydroxylation is 1. The molecule has 1 fully saturated rings. The molecule has 0 unspecified atom stereocenters. The zero-order valence-electron chi connectivity index (χ0n) is 12.8. The van der Waals surface area contributed by atoms with Crippen LogP contribution in [0.4, 0.5) is 0 Å². The van der Waals surface area contributed by atoms with Gasteiger partial charge in [0.2, 0.25) is 0 Å². The predicted molar refractivity (Wildman–Crippen MR) is 78.0 cm³/mol. The third-order valence-corrected chi connectivity index (χ3v) is 3.99. The highest BCUT2D eigenvalue weighted by molar-refractivity contribution is 5.95. The molecule has 1 aromatic rings. The van der Waals surface area contributed by atoms with Crippen LogP contribution in [0.25, 0.3) is 0 Å². The lowest BCUT2D eigenvalue weighted by molar-refractivity contribution is 0.000803. The molecule has 6 nitrogen and oxygen atoms in total. The van der Waals surface area contributed by atoms with E-state index in [4.69, 9.17) is 5.11 Å². The number of piperidine rings is 1. The molecule has 1 aliphatic rings. The van der Waals surface area contributed by atoms with Crippen molar-refractivity contribution in [2.24, 2.45) is 5.92 Å². The van der Waals surface area contributed by atoms with Gasteiger partial charge in [-0.1, -0.05) is 13.8 Å². The van der Waals surface area contributed by atoms with Gasteiger partial charge in [-0.05, 0) is 13.3 Å². The van der Waals surface area contributed by atoms with E-state index in [-0.39, 0.29) is 30.9 Å². The average molecular weight is 293 g/mol. The van der Waals surface area contributed by atoms with Gasteiger partial charge in [-0.25, -0.2) is 9.97 Å². The van der Waals surface area contributed by atoms with Gasteiger partial charge in [-0.15, -0.1) is 0 Å². The Kier molecular flexibility index (Phi) is 4.90. The number of aromatic nitrogens is 2. The van der Waals surface area contributed by atoms with Gasteiger partial charge in [0.1, 0.15) is 5.82 Å². The van der Waals surface area contributed by atoms with Crippen LogP contribution in [0.5, 0.6) is 0 Å². The topological polar surface area (TPSA) is 86.6 Å². The van der Waals surface area contributed by atoms with Crippen LogP contribution in [0.2, 0.25) is 0 Å². The standard InChI is InChI=1S/C15H23N3O3/c1-9(2)14-16-6-12(10(3)17-14)15(21)18-5-4-11(8-19)13(20)7-18/h6,9,11,13,19-20H,4-5,7-8H2,1-3H3/t11-,13-/m0/s1. The number of carbonyl (C=O) groups excluding carboxylic acids is 1. The smallest absolute Gasteiger partial charge is 0.257 e. The predicted octanol–water partition coefficient (Wildman–Crippen LogP) is 0.724. The van der Waals surface area contributed by atoms with Crippen molar-refractivity contribution in [1.82, 2.24) is 14.9 Å². The molecule has 1 amide bonds. The Labute approximate surface area is 124 Å². The normalized spacial score (nSPS) is 22.7. The number of hydrogen-bond donors (Lipinski definition) is 2. The summed E-state index contributed by atoms with van der Waals surface area (Å²) in [7, 11) is 0. The largest absolute Gasteiger partial charge is 0.396 e. The van der Waals surface area contributed by atoms with E-state index in [0.29, 0.717) is 24.2 Å². The lowest BCUT2D eigenvalue weighted by Gasteiger charge is -2.35. The van der Waals surface area contributed by atoms with Gasteiger partial charge in [0, 0.05) is 37.7 Å². The van der Waals surface area contributed by atoms with E-state index in [1.54, 1.807) is 18.0 Å². The van der Waals surface area contributed by atoms with Crippen molar-refractivity contribution in [3.8, 4) is 0 Å². The zero-order chi connectivity index (χ0) is 15.6. The van der Waals surface area contributed by atoms with Crippen LogP contribution in [-0.4, -0.2) is 56.8 Å². The van der Waals surface area contributed by atoms with Crippen molar-refractivity contribution in [2.75, 3.05) is 19.7 Å². The molecule has 21 heavy (non-hydrogen) atoms. The minimum Gasteiger partial charge on any atom is -0.396 e. The van der Waals surface area contributed by atoms with Crippen molar-refractivity contribution >= 4 is 5.91 Å². The Bertz CT molecular complexity index is 519. The van der Waals surface area contributed by atoms with E-state index in [2.05, 4.69) is 9.97 Å². The maximum absolute atomic E-state index is 12.5. The van der Waals surface area contributed by atoms with E-state index in [9.17, 15) is 9.90 Å². The summed E-state index contributed by atoms with van der Waals surface area (Å²) in [6.07, 6.45) is 1.50. The fourth-order valence-electron chi connectivity index (χ4n) is 2.52. The number of aliphatic hydroxyl groups excluding tert-OH is 2. The molecule has 0 saturated carbocycles. The quantitative estimate of drug-likeness (QED) is 0.857. The maximum Gasteiger partial charge on any atom is 0.257 e. The van der Waals surface area contributed by atoms with Crippen LogP contribution in [0.1, 0.15) is 48.1 Å². The van der Waals surface area contributed by atoms with Gasteiger partial charge in [0.15, 0.2) is 0 Å². The Morgan fingerprint density at radius 1 is 1.52 bits per heavy atom. The summed E-state index contributed by atoms with van der Waals surface area (Å²) in [5.41, 5.74) is 1.14. The third kappa shape index (κ3) is 3.39. The van der Waals surface area contributed by atoms with Gasteiger partial charge < -0.3 is 15.1 Å². The van der Waals surface area contributed by atoms with Crippen LogP contribution in [0.3, 0.4) is 0 Å². The van der Waals surface area contributed by atoms with E-state index >= 15 is 0 Å². The Hall–Kier alpha value is -1.53. The summed E-state index contributed by atoms with van der Waals surface area (Å²) in [6.45, 7) is 6.55. The Morgan fingerprint density at radius 2 is 2.24 bits per heavy atom. The third-order valence-electron chi connectivity index (χ3n) is 3.99. The number of rotatable bonds is 3. The van der Waals surface area contributed by atoms with E-state index < -0.39 is 6.10 Å². The molecular formula is C15H23N3O3. The average Bonchev–Trinajstić information content (AvgIpc) is 2.46. The van der Waals surface area contributed by atoms with Crippen LogP contribution >= 0.6 is 0 Å². The molecule has 2 atom stereocenters. The number of aliphatic hydroxyl groups is 2. The van der Waals surface area contributed by atoms with E-state index in [1.165, 1.54) is 0 Å². The summed E-state index contributed by atoms with van der Waals surface area (Å²) in [5, 5.41) is 19.1.